The maximum absolute atomic E-state index is 12.8. The Labute approximate surface area is 391 Å². The maximum Gasteiger partial charge on any atom is 0.306 e. The second-order valence-electron chi connectivity index (χ2n) is 18.5. The van der Waals surface area contributed by atoms with Crippen LogP contribution in [0.3, 0.4) is 0 Å². The van der Waals surface area contributed by atoms with Crippen molar-refractivity contribution in [3.05, 3.63) is 36.5 Å². The SMILES string of the molecule is CCCCC/C=C\C/C=C\CCCCCCCCCC(=O)OC[C@@H](COC(=O)CCCCCCCCCCCCCC)OC(=O)CCCCCCC/C=C\CCCCCCCCC. The van der Waals surface area contributed by atoms with Gasteiger partial charge in [0.15, 0.2) is 6.10 Å². The minimum Gasteiger partial charge on any atom is -0.462 e. The van der Waals surface area contributed by atoms with Crippen LogP contribution >= 0.6 is 0 Å². The van der Waals surface area contributed by atoms with E-state index in [0.717, 1.165) is 77.0 Å². The molecule has 0 radical (unpaired) electrons. The molecule has 0 aromatic rings. The first-order valence-corrected chi connectivity index (χ1v) is 27.5. The Morgan fingerprint density at radius 1 is 0.317 bits per heavy atom. The van der Waals surface area contributed by atoms with Gasteiger partial charge in [-0.3, -0.25) is 14.4 Å². The number of carbonyl (C=O) groups is 3. The van der Waals surface area contributed by atoms with Gasteiger partial charge in [-0.15, -0.1) is 0 Å². The molecule has 0 aliphatic carbocycles. The summed E-state index contributed by atoms with van der Waals surface area (Å²) in [6.45, 7) is 6.62. The van der Waals surface area contributed by atoms with E-state index in [1.807, 2.05) is 0 Å². The fourth-order valence-corrected chi connectivity index (χ4v) is 7.94. The monoisotopic (exact) mass is 885 g/mol. The molecule has 0 aromatic carbocycles. The first kappa shape index (κ1) is 60.6. The van der Waals surface area contributed by atoms with E-state index >= 15 is 0 Å². The summed E-state index contributed by atoms with van der Waals surface area (Å²) in [7, 11) is 0. The smallest absolute Gasteiger partial charge is 0.306 e. The molecule has 6 nitrogen and oxygen atoms in total. The van der Waals surface area contributed by atoms with Crippen molar-refractivity contribution in [3.8, 4) is 0 Å². The Morgan fingerprint density at radius 3 is 0.921 bits per heavy atom. The molecule has 63 heavy (non-hydrogen) atoms. The molecule has 1 atom stereocenters. The number of rotatable bonds is 50. The molecule has 368 valence electrons. The Kier molecular flexibility index (Phi) is 50.3. The number of hydrogen-bond donors (Lipinski definition) is 0. The second-order valence-corrected chi connectivity index (χ2v) is 18.5. The highest BCUT2D eigenvalue weighted by Gasteiger charge is 2.19. The highest BCUT2D eigenvalue weighted by atomic mass is 16.6. The van der Waals surface area contributed by atoms with E-state index in [1.165, 1.54) is 173 Å². The third kappa shape index (κ3) is 50.5. The molecule has 0 aromatic heterocycles. The summed E-state index contributed by atoms with van der Waals surface area (Å²) < 4.78 is 16.8. The Hall–Kier alpha value is -2.37. The first-order chi connectivity index (χ1) is 31.0. The predicted molar refractivity (Wildman–Crippen MR) is 270 cm³/mol. The molecule has 0 rings (SSSR count). The van der Waals surface area contributed by atoms with Crippen LogP contribution in [0, 0.1) is 0 Å². The van der Waals surface area contributed by atoms with Gasteiger partial charge in [-0.1, -0.05) is 231 Å². The highest BCUT2D eigenvalue weighted by molar-refractivity contribution is 5.71. The van der Waals surface area contributed by atoms with E-state index in [1.54, 1.807) is 0 Å². The number of carbonyl (C=O) groups excluding carboxylic acids is 3. The molecular weight excluding hydrogens is 781 g/mol. The van der Waals surface area contributed by atoms with Gasteiger partial charge in [0.2, 0.25) is 0 Å². The van der Waals surface area contributed by atoms with Crippen molar-refractivity contribution in [1.29, 1.82) is 0 Å². The summed E-state index contributed by atoms with van der Waals surface area (Å²) in [5.74, 6) is -0.878. The molecule has 0 amide bonds. The van der Waals surface area contributed by atoms with Gasteiger partial charge in [0.25, 0.3) is 0 Å². The zero-order valence-electron chi connectivity index (χ0n) is 42.1. The van der Waals surface area contributed by atoms with E-state index in [0.29, 0.717) is 19.3 Å². The van der Waals surface area contributed by atoms with E-state index in [2.05, 4.69) is 57.2 Å². The van der Waals surface area contributed by atoms with E-state index in [-0.39, 0.29) is 31.1 Å². The standard InChI is InChI=1S/C57H104O6/c1-4-7-10-13-16-19-22-25-27-29-31-32-35-38-41-44-47-50-56(59)62-53-54(52-61-55(58)49-46-43-40-37-34-24-21-18-15-12-9-6-3)63-57(60)51-48-45-42-39-36-33-30-28-26-23-20-17-14-11-8-5-2/h16,19,25,27-28,30,54H,4-15,17-18,20-24,26,29,31-53H2,1-3H3/b19-16-,27-25-,30-28-/t54-/m1/s1. The fraction of sp³-hybridized carbons (Fsp3) is 0.842. The van der Waals surface area contributed by atoms with Crippen molar-refractivity contribution < 1.29 is 28.6 Å². The third-order valence-corrected chi connectivity index (χ3v) is 12.1. The molecule has 0 aliphatic rings. The van der Waals surface area contributed by atoms with E-state index < -0.39 is 6.10 Å². The van der Waals surface area contributed by atoms with Gasteiger partial charge in [0.05, 0.1) is 0 Å². The largest absolute Gasteiger partial charge is 0.462 e. The summed E-state index contributed by atoms with van der Waals surface area (Å²) in [6, 6.07) is 0. The van der Waals surface area contributed by atoms with Crippen molar-refractivity contribution in [2.75, 3.05) is 13.2 Å². The number of ether oxygens (including phenoxy) is 3. The lowest BCUT2D eigenvalue weighted by atomic mass is 10.0. The third-order valence-electron chi connectivity index (χ3n) is 12.1. The average molecular weight is 885 g/mol. The summed E-state index contributed by atoms with van der Waals surface area (Å²) >= 11 is 0. The molecule has 6 heteroatoms. The van der Waals surface area contributed by atoms with Crippen molar-refractivity contribution in [3.63, 3.8) is 0 Å². The zero-order chi connectivity index (χ0) is 45.8. The second kappa shape index (κ2) is 52.3. The molecule has 0 aliphatic heterocycles. The minimum absolute atomic E-state index is 0.0749. The van der Waals surface area contributed by atoms with Gasteiger partial charge < -0.3 is 14.2 Å². The minimum atomic E-state index is -0.776. The van der Waals surface area contributed by atoms with Crippen LogP contribution in [0.4, 0.5) is 0 Å². The van der Waals surface area contributed by atoms with E-state index in [4.69, 9.17) is 14.2 Å². The van der Waals surface area contributed by atoms with Crippen LogP contribution in [0.1, 0.15) is 290 Å². The molecule has 0 N–H and O–H groups in total. The summed E-state index contributed by atoms with van der Waals surface area (Å²) in [5.41, 5.74) is 0. The summed E-state index contributed by atoms with van der Waals surface area (Å²) in [5, 5.41) is 0. The predicted octanol–water partition coefficient (Wildman–Crippen LogP) is 18.1. The van der Waals surface area contributed by atoms with Crippen LogP contribution in [0.5, 0.6) is 0 Å². The average Bonchev–Trinajstić information content (AvgIpc) is 3.28. The Morgan fingerprint density at radius 2 is 0.571 bits per heavy atom. The molecular formula is C57H104O6. The molecule has 0 unspecified atom stereocenters. The summed E-state index contributed by atoms with van der Waals surface area (Å²) in [6.07, 6.45) is 61.2. The molecule has 0 fully saturated rings. The van der Waals surface area contributed by atoms with Gasteiger partial charge in [-0.05, 0) is 77.0 Å². The van der Waals surface area contributed by atoms with Gasteiger partial charge in [0.1, 0.15) is 13.2 Å². The van der Waals surface area contributed by atoms with Crippen LogP contribution in [0.2, 0.25) is 0 Å². The lowest BCUT2D eigenvalue weighted by Crippen LogP contribution is -2.30. The van der Waals surface area contributed by atoms with Crippen molar-refractivity contribution in [1.82, 2.24) is 0 Å². The van der Waals surface area contributed by atoms with Gasteiger partial charge in [0, 0.05) is 19.3 Å². The van der Waals surface area contributed by atoms with Gasteiger partial charge >= 0.3 is 17.9 Å². The zero-order valence-corrected chi connectivity index (χ0v) is 42.1. The van der Waals surface area contributed by atoms with Crippen molar-refractivity contribution in [2.45, 2.75) is 297 Å². The summed E-state index contributed by atoms with van der Waals surface area (Å²) in [4.78, 5) is 38.0. The van der Waals surface area contributed by atoms with Crippen LogP contribution < -0.4 is 0 Å². The number of esters is 3. The fourth-order valence-electron chi connectivity index (χ4n) is 7.94. The molecule has 0 bridgehead atoms. The number of hydrogen-bond acceptors (Lipinski definition) is 6. The van der Waals surface area contributed by atoms with Gasteiger partial charge in [-0.2, -0.15) is 0 Å². The highest BCUT2D eigenvalue weighted by Crippen LogP contribution is 2.15. The van der Waals surface area contributed by atoms with Crippen LogP contribution in [-0.4, -0.2) is 37.2 Å². The topological polar surface area (TPSA) is 78.9 Å². The van der Waals surface area contributed by atoms with Gasteiger partial charge in [-0.25, -0.2) is 0 Å². The van der Waals surface area contributed by atoms with E-state index in [9.17, 15) is 14.4 Å². The first-order valence-electron chi connectivity index (χ1n) is 27.5. The van der Waals surface area contributed by atoms with Crippen molar-refractivity contribution >= 4 is 17.9 Å². The lowest BCUT2D eigenvalue weighted by Gasteiger charge is -2.18. The normalized spacial score (nSPS) is 12.2. The van der Waals surface area contributed by atoms with Crippen LogP contribution in [0.15, 0.2) is 36.5 Å². The molecule has 0 heterocycles. The van der Waals surface area contributed by atoms with Crippen LogP contribution in [0.25, 0.3) is 0 Å². The quantitative estimate of drug-likeness (QED) is 0.0262. The van der Waals surface area contributed by atoms with Crippen molar-refractivity contribution in [2.24, 2.45) is 0 Å². The lowest BCUT2D eigenvalue weighted by molar-refractivity contribution is -0.167. The maximum atomic E-state index is 12.8. The van der Waals surface area contributed by atoms with Crippen LogP contribution in [-0.2, 0) is 28.6 Å². The number of allylic oxidation sites excluding steroid dienone is 6. The molecule has 0 saturated heterocycles. The molecule has 0 spiro atoms. The Bertz CT molecular complexity index is 1060. The molecule has 0 saturated carbocycles. The number of unbranched alkanes of at least 4 members (excludes halogenated alkanes) is 33. The Balaban J connectivity index is 4.36.